The molecule has 0 unspecified atom stereocenters. The SMILES string of the molecule is O=C(Cc1c(F)cccc1Cl)NC[C@@H]1CCC2(CCN(C(=O)c3ccncc3)CC2)O1. The molecule has 2 amide bonds. The molecule has 1 atom stereocenters. The van der Waals surface area contributed by atoms with Gasteiger partial charge in [0.1, 0.15) is 5.82 Å². The maximum atomic E-state index is 13.9. The smallest absolute Gasteiger partial charge is 0.253 e. The van der Waals surface area contributed by atoms with Crippen LogP contribution in [-0.4, -0.2) is 53.0 Å². The third-order valence-electron chi connectivity index (χ3n) is 6.15. The van der Waals surface area contributed by atoms with Crippen LogP contribution in [0.4, 0.5) is 4.39 Å². The van der Waals surface area contributed by atoms with Gasteiger partial charge in [0.05, 0.1) is 18.1 Å². The van der Waals surface area contributed by atoms with Crippen molar-refractivity contribution in [3.8, 4) is 0 Å². The fourth-order valence-electron chi connectivity index (χ4n) is 4.35. The second kappa shape index (κ2) is 9.32. The monoisotopic (exact) mass is 445 g/mol. The van der Waals surface area contributed by atoms with Crippen LogP contribution in [0.15, 0.2) is 42.7 Å². The van der Waals surface area contributed by atoms with Gasteiger partial charge in [-0.2, -0.15) is 0 Å². The zero-order chi connectivity index (χ0) is 21.8. The number of piperidine rings is 1. The van der Waals surface area contributed by atoms with Gasteiger partial charge in [-0.05, 0) is 49.9 Å². The van der Waals surface area contributed by atoms with Gasteiger partial charge in [0.25, 0.3) is 5.91 Å². The van der Waals surface area contributed by atoms with Crippen molar-refractivity contribution in [2.24, 2.45) is 0 Å². The molecule has 2 fully saturated rings. The van der Waals surface area contributed by atoms with Crippen molar-refractivity contribution >= 4 is 23.4 Å². The lowest BCUT2D eigenvalue weighted by Crippen LogP contribution is -2.47. The Hall–Kier alpha value is -2.51. The number of pyridine rings is 1. The van der Waals surface area contributed by atoms with Crippen molar-refractivity contribution in [3.05, 3.63) is 64.7 Å². The molecule has 6 nitrogen and oxygen atoms in total. The molecule has 1 N–H and O–H groups in total. The Balaban J connectivity index is 1.24. The normalized spacial score (nSPS) is 20.1. The molecule has 0 saturated carbocycles. The summed E-state index contributed by atoms with van der Waals surface area (Å²) in [6.45, 7) is 1.67. The number of nitrogens with one attached hydrogen (secondary N) is 1. The number of carbonyl (C=O) groups excluding carboxylic acids is 2. The van der Waals surface area contributed by atoms with Crippen molar-refractivity contribution in [1.82, 2.24) is 15.2 Å². The molecule has 2 aromatic rings. The third-order valence-corrected chi connectivity index (χ3v) is 6.51. The second-order valence-corrected chi connectivity index (χ2v) is 8.58. The molecule has 1 spiro atoms. The minimum atomic E-state index is -0.480. The highest BCUT2D eigenvalue weighted by Gasteiger charge is 2.43. The molecule has 1 aromatic heterocycles. The number of hydrogen-bond donors (Lipinski definition) is 1. The number of carbonyl (C=O) groups is 2. The summed E-state index contributed by atoms with van der Waals surface area (Å²) in [5.74, 6) is -0.744. The van der Waals surface area contributed by atoms with Gasteiger partial charge in [-0.3, -0.25) is 14.6 Å². The molecule has 164 valence electrons. The Bertz CT molecular complexity index is 928. The van der Waals surface area contributed by atoms with Crippen LogP contribution in [0.1, 0.15) is 41.6 Å². The molecule has 3 heterocycles. The summed E-state index contributed by atoms with van der Waals surface area (Å²) in [5, 5.41) is 3.09. The first-order valence-corrected chi connectivity index (χ1v) is 10.9. The average molecular weight is 446 g/mol. The average Bonchev–Trinajstić information content (AvgIpc) is 3.18. The van der Waals surface area contributed by atoms with Crippen molar-refractivity contribution in [2.75, 3.05) is 19.6 Å². The molecule has 0 aliphatic carbocycles. The van der Waals surface area contributed by atoms with Crippen molar-refractivity contribution in [3.63, 3.8) is 0 Å². The number of benzene rings is 1. The van der Waals surface area contributed by atoms with Crippen LogP contribution in [0.5, 0.6) is 0 Å². The third kappa shape index (κ3) is 5.05. The van der Waals surface area contributed by atoms with Crippen molar-refractivity contribution in [2.45, 2.75) is 43.8 Å². The van der Waals surface area contributed by atoms with Gasteiger partial charge in [-0.1, -0.05) is 17.7 Å². The molecule has 0 bridgehead atoms. The van der Waals surface area contributed by atoms with Crippen LogP contribution in [0, 0.1) is 5.82 Å². The molecule has 2 aliphatic rings. The number of likely N-dealkylation sites (tertiary alicyclic amines) is 1. The van der Waals surface area contributed by atoms with Gasteiger partial charge in [-0.15, -0.1) is 0 Å². The van der Waals surface area contributed by atoms with E-state index < -0.39 is 5.82 Å². The molecule has 0 radical (unpaired) electrons. The zero-order valence-corrected chi connectivity index (χ0v) is 17.9. The quantitative estimate of drug-likeness (QED) is 0.765. The lowest BCUT2D eigenvalue weighted by atomic mass is 9.88. The number of ether oxygens (including phenoxy) is 1. The molecule has 1 aromatic carbocycles. The van der Waals surface area contributed by atoms with E-state index in [9.17, 15) is 14.0 Å². The van der Waals surface area contributed by atoms with Crippen LogP contribution >= 0.6 is 11.6 Å². The largest absolute Gasteiger partial charge is 0.370 e. The number of amides is 2. The van der Waals surface area contributed by atoms with E-state index in [1.807, 2.05) is 4.90 Å². The standard InChI is InChI=1S/C23H25ClFN3O3/c24-19-2-1-3-20(25)18(19)14-21(29)27-15-17-4-7-23(31-17)8-12-28(13-9-23)22(30)16-5-10-26-11-6-16/h1-3,5-6,10-11,17H,4,7-9,12-15H2,(H,27,29)/t17-/m0/s1. The summed E-state index contributed by atoms with van der Waals surface area (Å²) < 4.78 is 20.2. The van der Waals surface area contributed by atoms with E-state index in [0.717, 1.165) is 25.7 Å². The van der Waals surface area contributed by atoms with Gasteiger partial charge in [0, 0.05) is 48.2 Å². The van der Waals surface area contributed by atoms with Crippen LogP contribution in [-0.2, 0) is 16.0 Å². The zero-order valence-electron chi connectivity index (χ0n) is 17.2. The fourth-order valence-corrected chi connectivity index (χ4v) is 4.58. The molecular formula is C23H25ClFN3O3. The number of aromatic nitrogens is 1. The van der Waals surface area contributed by atoms with E-state index >= 15 is 0 Å². The van der Waals surface area contributed by atoms with E-state index in [1.165, 1.54) is 12.1 Å². The lowest BCUT2D eigenvalue weighted by molar-refractivity contribution is -0.122. The number of halogens is 2. The molecular weight excluding hydrogens is 421 g/mol. The van der Waals surface area contributed by atoms with Gasteiger partial charge < -0.3 is 15.0 Å². The maximum Gasteiger partial charge on any atom is 0.253 e. The highest BCUT2D eigenvalue weighted by atomic mass is 35.5. The van der Waals surface area contributed by atoms with E-state index in [1.54, 1.807) is 30.6 Å². The van der Waals surface area contributed by atoms with Gasteiger partial charge in [-0.25, -0.2) is 4.39 Å². The van der Waals surface area contributed by atoms with Gasteiger partial charge in [0.2, 0.25) is 5.91 Å². The Labute approximate surface area is 185 Å². The minimum Gasteiger partial charge on any atom is -0.370 e. The minimum absolute atomic E-state index is 0.0193. The molecule has 4 rings (SSSR count). The highest BCUT2D eigenvalue weighted by Crippen LogP contribution is 2.39. The predicted octanol–water partition coefficient (Wildman–Crippen LogP) is 3.39. The van der Waals surface area contributed by atoms with Crippen LogP contribution in [0.2, 0.25) is 5.02 Å². The first-order chi connectivity index (χ1) is 15.0. The lowest BCUT2D eigenvalue weighted by Gasteiger charge is -2.39. The van der Waals surface area contributed by atoms with Crippen LogP contribution < -0.4 is 5.32 Å². The van der Waals surface area contributed by atoms with Gasteiger partial charge in [0.15, 0.2) is 0 Å². The van der Waals surface area contributed by atoms with Gasteiger partial charge >= 0.3 is 0 Å². The Morgan fingerprint density at radius 3 is 2.65 bits per heavy atom. The second-order valence-electron chi connectivity index (χ2n) is 8.17. The first kappa shape index (κ1) is 21.7. The number of hydrogen-bond acceptors (Lipinski definition) is 4. The van der Waals surface area contributed by atoms with E-state index in [-0.39, 0.29) is 40.5 Å². The topological polar surface area (TPSA) is 71.5 Å². The van der Waals surface area contributed by atoms with E-state index in [2.05, 4.69) is 10.3 Å². The van der Waals surface area contributed by atoms with Crippen molar-refractivity contribution < 1.29 is 18.7 Å². The molecule has 8 heteroatoms. The Kier molecular flexibility index (Phi) is 6.53. The fraction of sp³-hybridized carbons (Fsp3) is 0.435. The summed E-state index contributed by atoms with van der Waals surface area (Å²) in [4.78, 5) is 30.7. The molecule has 2 saturated heterocycles. The Morgan fingerprint density at radius 1 is 1.19 bits per heavy atom. The maximum absolute atomic E-state index is 13.9. The van der Waals surface area contributed by atoms with Crippen molar-refractivity contribution in [1.29, 1.82) is 0 Å². The van der Waals surface area contributed by atoms with Crippen LogP contribution in [0.25, 0.3) is 0 Å². The summed E-state index contributed by atoms with van der Waals surface area (Å²) in [5.41, 5.74) is 0.616. The summed E-state index contributed by atoms with van der Waals surface area (Å²) >= 11 is 6.00. The van der Waals surface area contributed by atoms with E-state index in [4.69, 9.17) is 16.3 Å². The predicted molar refractivity (Wildman–Crippen MR) is 114 cm³/mol. The summed E-state index contributed by atoms with van der Waals surface area (Å²) in [7, 11) is 0. The number of nitrogens with zero attached hydrogens (tertiary/aromatic N) is 2. The highest BCUT2D eigenvalue weighted by molar-refractivity contribution is 6.31. The summed E-state index contributed by atoms with van der Waals surface area (Å²) in [6, 6.07) is 7.84. The number of rotatable bonds is 5. The molecule has 31 heavy (non-hydrogen) atoms. The molecule has 2 aliphatic heterocycles. The summed E-state index contributed by atoms with van der Waals surface area (Å²) in [6.07, 6.45) is 6.37. The Morgan fingerprint density at radius 2 is 1.94 bits per heavy atom. The van der Waals surface area contributed by atoms with Crippen LogP contribution in [0.3, 0.4) is 0 Å². The van der Waals surface area contributed by atoms with E-state index in [0.29, 0.717) is 25.2 Å². The first-order valence-electron chi connectivity index (χ1n) is 10.5.